The molecule has 0 amide bonds. The van der Waals surface area contributed by atoms with Crippen molar-refractivity contribution >= 4 is 23.0 Å². The fourth-order valence-corrected chi connectivity index (χ4v) is 2.73. The molecule has 0 saturated heterocycles. The van der Waals surface area contributed by atoms with Crippen LogP contribution in [0.15, 0.2) is 12.1 Å². The van der Waals surface area contributed by atoms with E-state index in [9.17, 15) is 4.39 Å². The fraction of sp³-hybridized carbons (Fsp3) is 0.538. The molecule has 1 aliphatic rings. The van der Waals surface area contributed by atoms with Crippen molar-refractivity contribution in [2.45, 2.75) is 25.7 Å². The van der Waals surface area contributed by atoms with Crippen molar-refractivity contribution in [3.8, 4) is 0 Å². The summed E-state index contributed by atoms with van der Waals surface area (Å²) in [6, 6.07) is 2.91. The van der Waals surface area contributed by atoms with Gasteiger partial charge in [0.2, 0.25) is 0 Å². The van der Waals surface area contributed by atoms with Gasteiger partial charge in [-0.3, -0.25) is 0 Å². The number of nitrogens with zero attached hydrogens (tertiary/aromatic N) is 1. The summed E-state index contributed by atoms with van der Waals surface area (Å²) in [5.41, 5.74) is 7.15. The van der Waals surface area contributed by atoms with Crippen LogP contribution in [0.25, 0.3) is 0 Å². The van der Waals surface area contributed by atoms with Crippen molar-refractivity contribution in [3.63, 3.8) is 0 Å². The van der Waals surface area contributed by atoms with Crippen molar-refractivity contribution in [2.24, 2.45) is 5.92 Å². The zero-order valence-electron chi connectivity index (χ0n) is 10.0. The van der Waals surface area contributed by atoms with Gasteiger partial charge in [-0.05, 0) is 24.8 Å². The first-order valence-corrected chi connectivity index (χ1v) is 6.41. The highest BCUT2D eigenvalue weighted by atomic mass is 35.5. The van der Waals surface area contributed by atoms with Gasteiger partial charge in [0.15, 0.2) is 0 Å². The molecule has 0 unspecified atom stereocenters. The van der Waals surface area contributed by atoms with Crippen LogP contribution in [0, 0.1) is 11.7 Å². The first-order valence-electron chi connectivity index (χ1n) is 6.03. The molecule has 0 radical (unpaired) electrons. The van der Waals surface area contributed by atoms with E-state index in [1.807, 2.05) is 11.9 Å². The number of rotatable bonds is 3. The van der Waals surface area contributed by atoms with Crippen LogP contribution in [-0.4, -0.2) is 13.6 Å². The quantitative estimate of drug-likeness (QED) is 0.836. The highest BCUT2D eigenvalue weighted by molar-refractivity contribution is 6.31. The van der Waals surface area contributed by atoms with Gasteiger partial charge >= 0.3 is 0 Å². The van der Waals surface area contributed by atoms with Crippen molar-refractivity contribution in [1.29, 1.82) is 0 Å². The predicted molar refractivity (Wildman–Crippen MR) is 71.1 cm³/mol. The Kier molecular flexibility index (Phi) is 3.77. The number of nitrogen functional groups attached to an aromatic ring is 1. The van der Waals surface area contributed by atoms with E-state index >= 15 is 0 Å². The Hall–Kier alpha value is -0.960. The molecule has 1 aliphatic carbocycles. The molecule has 94 valence electrons. The molecule has 2 rings (SSSR count). The molecule has 0 bridgehead atoms. The van der Waals surface area contributed by atoms with Gasteiger partial charge < -0.3 is 10.6 Å². The molecule has 4 heteroatoms. The predicted octanol–water partition coefficient (Wildman–Crippen LogP) is 3.69. The third-order valence-corrected chi connectivity index (χ3v) is 3.78. The van der Waals surface area contributed by atoms with Crippen LogP contribution in [0.1, 0.15) is 25.7 Å². The first kappa shape index (κ1) is 12.5. The van der Waals surface area contributed by atoms with E-state index in [1.54, 1.807) is 0 Å². The molecule has 0 aliphatic heterocycles. The van der Waals surface area contributed by atoms with Crippen LogP contribution in [-0.2, 0) is 0 Å². The first-order chi connectivity index (χ1) is 8.08. The molecule has 2 N–H and O–H groups in total. The zero-order chi connectivity index (χ0) is 12.4. The Morgan fingerprint density at radius 3 is 2.71 bits per heavy atom. The molecular weight excluding hydrogens is 239 g/mol. The summed E-state index contributed by atoms with van der Waals surface area (Å²) in [5.74, 6) is 0.298. The maximum absolute atomic E-state index is 13.4. The number of hydrogen-bond donors (Lipinski definition) is 1. The van der Waals surface area contributed by atoms with E-state index in [-0.39, 0.29) is 5.02 Å². The summed E-state index contributed by atoms with van der Waals surface area (Å²) in [4.78, 5) is 2.03. The minimum Gasteiger partial charge on any atom is -0.397 e. The Labute approximate surface area is 107 Å². The smallest absolute Gasteiger partial charge is 0.144 e. The Morgan fingerprint density at radius 2 is 2.06 bits per heavy atom. The highest BCUT2D eigenvalue weighted by Gasteiger charge is 2.18. The van der Waals surface area contributed by atoms with E-state index in [1.165, 1.54) is 37.8 Å². The van der Waals surface area contributed by atoms with Gasteiger partial charge in [0.1, 0.15) is 5.82 Å². The number of benzene rings is 1. The van der Waals surface area contributed by atoms with E-state index in [2.05, 4.69) is 0 Å². The van der Waals surface area contributed by atoms with E-state index in [4.69, 9.17) is 17.3 Å². The minimum absolute atomic E-state index is 0.0838. The maximum atomic E-state index is 13.4. The Balaban J connectivity index is 2.12. The van der Waals surface area contributed by atoms with E-state index in [0.717, 1.165) is 12.2 Å². The van der Waals surface area contributed by atoms with Crippen molar-refractivity contribution in [1.82, 2.24) is 0 Å². The lowest BCUT2D eigenvalue weighted by molar-refractivity contribution is 0.546. The van der Waals surface area contributed by atoms with E-state index < -0.39 is 5.82 Å². The molecule has 0 atom stereocenters. The second-order valence-corrected chi connectivity index (χ2v) is 5.26. The SMILES string of the molecule is CN(CC1CCCC1)c1cc(F)c(Cl)cc1N. The van der Waals surface area contributed by atoms with Crippen molar-refractivity contribution < 1.29 is 4.39 Å². The molecule has 1 fully saturated rings. The molecule has 1 aromatic rings. The highest BCUT2D eigenvalue weighted by Crippen LogP contribution is 2.31. The van der Waals surface area contributed by atoms with Crippen LogP contribution in [0.5, 0.6) is 0 Å². The van der Waals surface area contributed by atoms with Gasteiger partial charge in [0, 0.05) is 19.7 Å². The average Bonchev–Trinajstić information content (AvgIpc) is 2.76. The second-order valence-electron chi connectivity index (χ2n) is 4.86. The van der Waals surface area contributed by atoms with Crippen LogP contribution >= 0.6 is 11.6 Å². The van der Waals surface area contributed by atoms with Crippen LogP contribution in [0.3, 0.4) is 0 Å². The fourth-order valence-electron chi connectivity index (χ4n) is 2.56. The Morgan fingerprint density at radius 1 is 1.41 bits per heavy atom. The third kappa shape index (κ3) is 2.83. The van der Waals surface area contributed by atoms with Gasteiger partial charge in [0.05, 0.1) is 16.4 Å². The van der Waals surface area contributed by atoms with Gasteiger partial charge in [0.25, 0.3) is 0 Å². The largest absolute Gasteiger partial charge is 0.397 e. The molecule has 0 aromatic heterocycles. The minimum atomic E-state index is -0.408. The molecular formula is C13H18ClFN2. The average molecular weight is 257 g/mol. The summed E-state index contributed by atoms with van der Waals surface area (Å²) in [5, 5.41) is 0.0838. The lowest BCUT2D eigenvalue weighted by Gasteiger charge is -2.24. The Bertz CT molecular complexity index is 403. The number of nitrogens with two attached hydrogens (primary N) is 1. The van der Waals surface area contributed by atoms with Gasteiger partial charge in [-0.15, -0.1) is 0 Å². The van der Waals surface area contributed by atoms with Gasteiger partial charge in [-0.1, -0.05) is 24.4 Å². The molecule has 2 nitrogen and oxygen atoms in total. The molecule has 0 heterocycles. The third-order valence-electron chi connectivity index (χ3n) is 3.49. The number of anilines is 2. The molecule has 17 heavy (non-hydrogen) atoms. The van der Waals surface area contributed by atoms with Crippen LogP contribution in [0.4, 0.5) is 15.8 Å². The van der Waals surface area contributed by atoms with E-state index in [0.29, 0.717) is 11.6 Å². The molecule has 1 saturated carbocycles. The number of hydrogen-bond acceptors (Lipinski definition) is 2. The summed E-state index contributed by atoms with van der Waals surface area (Å²) in [7, 11) is 1.96. The summed E-state index contributed by atoms with van der Waals surface area (Å²) in [6.45, 7) is 0.936. The topological polar surface area (TPSA) is 29.3 Å². The van der Waals surface area contributed by atoms with Crippen LogP contribution < -0.4 is 10.6 Å². The molecule has 1 aromatic carbocycles. The summed E-state index contributed by atoms with van der Waals surface area (Å²) in [6.07, 6.45) is 5.15. The number of halogens is 2. The lowest BCUT2D eigenvalue weighted by atomic mass is 10.1. The van der Waals surface area contributed by atoms with Crippen LogP contribution in [0.2, 0.25) is 5.02 Å². The maximum Gasteiger partial charge on any atom is 0.144 e. The zero-order valence-corrected chi connectivity index (χ0v) is 10.8. The standard InChI is InChI=1S/C13H18ClFN2/c1-17(8-9-4-2-3-5-9)13-7-11(15)10(14)6-12(13)16/h6-7,9H,2-5,8,16H2,1H3. The normalized spacial score (nSPS) is 16.4. The summed E-state index contributed by atoms with van der Waals surface area (Å²) >= 11 is 5.69. The van der Waals surface area contributed by atoms with Crippen molar-refractivity contribution in [2.75, 3.05) is 24.2 Å². The van der Waals surface area contributed by atoms with Crippen molar-refractivity contribution in [3.05, 3.63) is 23.0 Å². The lowest BCUT2D eigenvalue weighted by Crippen LogP contribution is -2.25. The molecule has 0 spiro atoms. The summed E-state index contributed by atoms with van der Waals surface area (Å²) < 4.78 is 13.4. The van der Waals surface area contributed by atoms with Gasteiger partial charge in [-0.2, -0.15) is 0 Å². The van der Waals surface area contributed by atoms with Gasteiger partial charge in [-0.25, -0.2) is 4.39 Å². The second kappa shape index (κ2) is 5.13. The monoisotopic (exact) mass is 256 g/mol.